The van der Waals surface area contributed by atoms with E-state index in [2.05, 4.69) is 0 Å². The molecule has 1 aliphatic heterocycles. The molecule has 3 rings (SSSR count). The molecule has 26 heavy (non-hydrogen) atoms. The van der Waals surface area contributed by atoms with Crippen molar-refractivity contribution in [3.63, 3.8) is 0 Å². The number of benzene rings is 2. The molecule has 5 heteroatoms. The lowest BCUT2D eigenvalue weighted by Gasteiger charge is -2.21. The van der Waals surface area contributed by atoms with E-state index in [4.69, 9.17) is 0 Å². The molecule has 0 aromatic heterocycles. The molecule has 2 aromatic carbocycles. The quantitative estimate of drug-likeness (QED) is 0.746. The van der Waals surface area contributed by atoms with Crippen LogP contribution in [0.25, 0.3) is 0 Å². The third kappa shape index (κ3) is 3.12. The first-order chi connectivity index (χ1) is 12.6. The molecular weight excluding hydrogens is 328 g/mol. The van der Waals surface area contributed by atoms with Gasteiger partial charge >= 0.3 is 0 Å². The monoisotopic (exact) mass is 350 g/mol. The highest BCUT2D eigenvalue weighted by Gasteiger charge is 2.35. The van der Waals surface area contributed by atoms with Crippen molar-refractivity contribution >= 4 is 23.4 Å². The van der Waals surface area contributed by atoms with Crippen molar-refractivity contribution in [3.05, 3.63) is 65.2 Å². The highest BCUT2D eigenvalue weighted by atomic mass is 16.2. The average molecular weight is 350 g/mol. The van der Waals surface area contributed by atoms with Crippen LogP contribution >= 0.6 is 0 Å². The van der Waals surface area contributed by atoms with Crippen molar-refractivity contribution < 1.29 is 14.4 Å². The van der Waals surface area contributed by atoms with Gasteiger partial charge in [-0.05, 0) is 43.7 Å². The summed E-state index contributed by atoms with van der Waals surface area (Å²) >= 11 is 0. The van der Waals surface area contributed by atoms with Gasteiger partial charge in [-0.1, -0.05) is 31.5 Å². The average Bonchev–Trinajstić information content (AvgIpc) is 2.91. The van der Waals surface area contributed by atoms with Gasteiger partial charge in [0, 0.05) is 24.3 Å². The van der Waals surface area contributed by atoms with Crippen LogP contribution < -0.4 is 4.90 Å². The summed E-state index contributed by atoms with van der Waals surface area (Å²) in [5.41, 5.74) is 1.91. The Morgan fingerprint density at radius 3 is 2.31 bits per heavy atom. The fraction of sp³-hybridized carbons (Fsp3) is 0.286. The normalized spacial score (nSPS) is 13.1. The number of anilines is 1. The molecular formula is C21H22N2O3. The second-order valence-corrected chi connectivity index (χ2v) is 6.26. The summed E-state index contributed by atoms with van der Waals surface area (Å²) in [6.07, 6.45) is 1.68. The number of para-hydroxylation sites is 1. The standard InChI is InChI=1S/C21H22N2O3/c1-3-5-13-23-20(25)17-12-11-15(14-18(17)21(23)26)19(24)22(4-2)16-9-7-6-8-10-16/h6-12,14H,3-5,13H2,1-2H3. The highest BCUT2D eigenvalue weighted by Crippen LogP contribution is 2.26. The molecule has 1 aliphatic rings. The van der Waals surface area contributed by atoms with Gasteiger partial charge in [0.25, 0.3) is 17.7 Å². The summed E-state index contributed by atoms with van der Waals surface area (Å²) in [7, 11) is 0. The van der Waals surface area contributed by atoms with E-state index < -0.39 is 0 Å². The number of nitrogens with zero attached hydrogens (tertiary/aromatic N) is 2. The van der Waals surface area contributed by atoms with Crippen molar-refractivity contribution in [2.45, 2.75) is 26.7 Å². The summed E-state index contributed by atoms with van der Waals surface area (Å²) < 4.78 is 0. The zero-order chi connectivity index (χ0) is 18.7. The van der Waals surface area contributed by atoms with Gasteiger partial charge in [-0.15, -0.1) is 0 Å². The molecule has 0 bridgehead atoms. The van der Waals surface area contributed by atoms with E-state index in [9.17, 15) is 14.4 Å². The zero-order valence-electron chi connectivity index (χ0n) is 15.1. The summed E-state index contributed by atoms with van der Waals surface area (Å²) in [5, 5.41) is 0. The molecule has 3 amide bonds. The third-order valence-electron chi connectivity index (χ3n) is 4.58. The summed E-state index contributed by atoms with van der Waals surface area (Å²) in [6, 6.07) is 14.2. The summed E-state index contributed by atoms with van der Waals surface area (Å²) in [6.45, 7) is 4.84. The van der Waals surface area contributed by atoms with E-state index in [0.717, 1.165) is 18.5 Å². The Morgan fingerprint density at radius 2 is 1.65 bits per heavy atom. The molecule has 0 spiro atoms. The predicted molar refractivity (Wildman–Crippen MR) is 101 cm³/mol. The van der Waals surface area contributed by atoms with Crippen molar-refractivity contribution in [2.24, 2.45) is 0 Å². The first-order valence-corrected chi connectivity index (χ1v) is 8.95. The van der Waals surface area contributed by atoms with Crippen LogP contribution in [-0.2, 0) is 0 Å². The number of rotatable bonds is 6. The second-order valence-electron chi connectivity index (χ2n) is 6.26. The number of carbonyl (C=O) groups is 3. The lowest BCUT2D eigenvalue weighted by atomic mass is 10.0. The molecule has 0 aliphatic carbocycles. The van der Waals surface area contributed by atoms with Gasteiger partial charge in [0.05, 0.1) is 11.1 Å². The SMILES string of the molecule is CCCCN1C(=O)c2ccc(C(=O)N(CC)c3ccccc3)cc2C1=O. The van der Waals surface area contributed by atoms with Crippen LogP contribution in [0.5, 0.6) is 0 Å². The first kappa shape index (κ1) is 17.9. The van der Waals surface area contributed by atoms with E-state index in [1.54, 1.807) is 23.1 Å². The maximum absolute atomic E-state index is 12.9. The van der Waals surface area contributed by atoms with Crippen molar-refractivity contribution in [1.29, 1.82) is 0 Å². The van der Waals surface area contributed by atoms with Crippen molar-refractivity contribution in [3.8, 4) is 0 Å². The van der Waals surface area contributed by atoms with E-state index in [1.165, 1.54) is 4.90 Å². The maximum Gasteiger partial charge on any atom is 0.261 e. The van der Waals surface area contributed by atoms with Crippen LogP contribution in [0.4, 0.5) is 5.69 Å². The molecule has 0 saturated carbocycles. The molecule has 0 fully saturated rings. The summed E-state index contributed by atoms with van der Waals surface area (Å²) in [5.74, 6) is -0.766. The van der Waals surface area contributed by atoms with Crippen molar-refractivity contribution in [1.82, 2.24) is 4.90 Å². The fourth-order valence-corrected chi connectivity index (χ4v) is 3.15. The molecule has 0 atom stereocenters. The molecule has 1 heterocycles. The van der Waals surface area contributed by atoms with Crippen LogP contribution in [-0.4, -0.2) is 35.7 Å². The van der Waals surface area contributed by atoms with E-state index >= 15 is 0 Å². The molecule has 0 radical (unpaired) electrons. The molecule has 134 valence electrons. The molecule has 0 N–H and O–H groups in total. The summed E-state index contributed by atoms with van der Waals surface area (Å²) in [4.78, 5) is 40.9. The smallest absolute Gasteiger partial charge is 0.261 e. The van der Waals surface area contributed by atoms with Crippen LogP contribution in [0.1, 0.15) is 57.8 Å². The predicted octanol–water partition coefficient (Wildman–Crippen LogP) is 3.75. The number of amides is 3. The van der Waals surface area contributed by atoms with Crippen LogP contribution in [0.3, 0.4) is 0 Å². The van der Waals surface area contributed by atoms with Crippen LogP contribution in [0.15, 0.2) is 48.5 Å². The largest absolute Gasteiger partial charge is 0.309 e. The highest BCUT2D eigenvalue weighted by molar-refractivity contribution is 6.22. The number of imide groups is 1. The maximum atomic E-state index is 12.9. The zero-order valence-corrected chi connectivity index (χ0v) is 15.1. The second kappa shape index (κ2) is 7.52. The van der Waals surface area contributed by atoms with Gasteiger partial charge in [0.1, 0.15) is 0 Å². The third-order valence-corrected chi connectivity index (χ3v) is 4.58. The van der Waals surface area contributed by atoms with E-state index in [-0.39, 0.29) is 17.7 Å². The topological polar surface area (TPSA) is 57.7 Å². The Labute approximate surface area is 153 Å². The molecule has 5 nitrogen and oxygen atoms in total. The van der Waals surface area contributed by atoms with Gasteiger partial charge in [-0.2, -0.15) is 0 Å². The number of carbonyl (C=O) groups excluding carboxylic acids is 3. The molecule has 2 aromatic rings. The number of unbranched alkanes of at least 4 members (excludes halogenated alkanes) is 1. The first-order valence-electron chi connectivity index (χ1n) is 8.95. The van der Waals surface area contributed by atoms with Crippen molar-refractivity contribution in [2.75, 3.05) is 18.0 Å². The van der Waals surface area contributed by atoms with E-state index in [0.29, 0.717) is 29.8 Å². The minimum absolute atomic E-state index is 0.186. The Bertz CT molecular complexity index is 846. The van der Waals surface area contributed by atoms with Gasteiger partial charge < -0.3 is 4.90 Å². The molecule has 0 saturated heterocycles. The van der Waals surface area contributed by atoms with Crippen LogP contribution in [0, 0.1) is 0 Å². The van der Waals surface area contributed by atoms with Gasteiger partial charge in [-0.3, -0.25) is 19.3 Å². The Balaban J connectivity index is 1.90. The number of hydrogen-bond acceptors (Lipinski definition) is 3. The lowest BCUT2D eigenvalue weighted by molar-refractivity contribution is 0.0652. The lowest BCUT2D eigenvalue weighted by Crippen LogP contribution is -2.31. The minimum atomic E-state index is -0.309. The number of hydrogen-bond donors (Lipinski definition) is 0. The molecule has 0 unspecified atom stereocenters. The van der Waals surface area contributed by atoms with Gasteiger partial charge in [-0.25, -0.2) is 0 Å². The number of fused-ring (bicyclic) bond motifs is 1. The fourth-order valence-electron chi connectivity index (χ4n) is 3.15. The van der Waals surface area contributed by atoms with Gasteiger partial charge in [0.2, 0.25) is 0 Å². The Hall–Kier alpha value is -2.95. The van der Waals surface area contributed by atoms with Crippen LogP contribution in [0.2, 0.25) is 0 Å². The Kier molecular flexibility index (Phi) is 5.16. The Morgan fingerprint density at radius 1 is 0.962 bits per heavy atom. The van der Waals surface area contributed by atoms with E-state index in [1.807, 2.05) is 44.2 Å². The minimum Gasteiger partial charge on any atom is -0.309 e. The van der Waals surface area contributed by atoms with Gasteiger partial charge in [0.15, 0.2) is 0 Å².